The molecule has 0 radical (unpaired) electrons. The molecule has 0 aromatic heterocycles. The highest BCUT2D eigenvalue weighted by atomic mass is 35.5. The van der Waals surface area contributed by atoms with Crippen LogP contribution in [-0.4, -0.2) is 52.2 Å². The molecule has 2 aromatic rings. The summed E-state index contributed by atoms with van der Waals surface area (Å²) in [6.07, 6.45) is 0. The smallest absolute Gasteiger partial charge is 0.238 e. The molecule has 6 nitrogen and oxygen atoms in total. The summed E-state index contributed by atoms with van der Waals surface area (Å²) in [6.45, 7) is 0.179. The van der Waals surface area contributed by atoms with Gasteiger partial charge < -0.3 is 10.1 Å². The number of carbonyl (C=O) groups is 1. The van der Waals surface area contributed by atoms with E-state index in [-0.39, 0.29) is 29.6 Å². The van der Waals surface area contributed by atoms with Gasteiger partial charge in [0.05, 0.1) is 40.0 Å². The van der Waals surface area contributed by atoms with Crippen molar-refractivity contribution in [3.05, 3.63) is 52.5 Å². The van der Waals surface area contributed by atoms with Crippen LogP contribution in [0.1, 0.15) is 0 Å². The van der Waals surface area contributed by atoms with Gasteiger partial charge in [-0.25, -0.2) is 8.42 Å². The maximum Gasteiger partial charge on any atom is 0.238 e. The van der Waals surface area contributed by atoms with Gasteiger partial charge in [0.25, 0.3) is 0 Å². The van der Waals surface area contributed by atoms with E-state index in [0.29, 0.717) is 21.5 Å². The van der Waals surface area contributed by atoms with E-state index >= 15 is 0 Å². The predicted molar refractivity (Wildman–Crippen MR) is 108 cm³/mol. The standard InChI is InChI=1S/C18H20Cl2N2O4S/c1-22(12-17(23)21-18-15(19)7-4-8-16(18)20)9-10-27(24,25)14-6-3-5-13(11-14)26-2/h3-8,11H,9-10,12H2,1-2H3,(H,21,23). The van der Waals surface area contributed by atoms with Crippen LogP contribution in [0.2, 0.25) is 10.0 Å². The largest absolute Gasteiger partial charge is 0.497 e. The van der Waals surface area contributed by atoms with Gasteiger partial charge in [0.15, 0.2) is 9.84 Å². The SMILES string of the molecule is COc1cccc(S(=O)(=O)CCN(C)CC(=O)Nc2c(Cl)cccc2Cl)c1. The summed E-state index contributed by atoms with van der Waals surface area (Å²) in [5.74, 6) is 0.00303. The Morgan fingerprint density at radius 1 is 1.15 bits per heavy atom. The van der Waals surface area contributed by atoms with E-state index in [1.54, 1.807) is 42.3 Å². The molecule has 0 spiro atoms. The number of nitrogens with one attached hydrogen (secondary N) is 1. The Kier molecular flexibility index (Phi) is 7.49. The molecule has 2 aromatic carbocycles. The monoisotopic (exact) mass is 430 g/mol. The Morgan fingerprint density at radius 2 is 1.78 bits per heavy atom. The number of amides is 1. The molecule has 1 amide bonds. The molecule has 0 saturated carbocycles. The summed E-state index contributed by atoms with van der Waals surface area (Å²) >= 11 is 12.0. The Bertz CT molecular complexity index is 899. The first-order valence-corrected chi connectivity index (χ1v) is 10.4. The molecule has 0 heterocycles. The van der Waals surface area contributed by atoms with E-state index in [2.05, 4.69) is 5.32 Å². The van der Waals surface area contributed by atoms with Gasteiger partial charge >= 0.3 is 0 Å². The topological polar surface area (TPSA) is 75.7 Å². The number of carbonyl (C=O) groups excluding carboxylic acids is 1. The van der Waals surface area contributed by atoms with Crippen molar-refractivity contribution in [3.63, 3.8) is 0 Å². The number of hydrogen-bond acceptors (Lipinski definition) is 5. The van der Waals surface area contributed by atoms with E-state index in [1.807, 2.05) is 0 Å². The van der Waals surface area contributed by atoms with E-state index in [0.717, 1.165) is 0 Å². The van der Waals surface area contributed by atoms with E-state index < -0.39 is 9.84 Å². The quantitative estimate of drug-likeness (QED) is 0.694. The first-order valence-electron chi connectivity index (χ1n) is 8.02. The maximum atomic E-state index is 12.5. The fourth-order valence-electron chi connectivity index (χ4n) is 2.31. The van der Waals surface area contributed by atoms with Crippen molar-refractivity contribution >= 4 is 44.6 Å². The molecule has 0 saturated heterocycles. The van der Waals surface area contributed by atoms with Crippen molar-refractivity contribution in [2.45, 2.75) is 4.90 Å². The number of para-hydroxylation sites is 1. The minimum absolute atomic E-state index is 0.00478. The molecule has 0 fully saturated rings. The van der Waals surface area contributed by atoms with Crippen molar-refractivity contribution in [2.75, 3.05) is 38.3 Å². The Balaban J connectivity index is 1.93. The molecule has 0 bridgehead atoms. The minimum atomic E-state index is -3.49. The fourth-order valence-corrected chi connectivity index (χ4v) is 4.17. The highest BCUT2D eigenvalue weighted by Crippen LogP contribution is 2.29. The lowest BCUT2D eigenvalue weighted by atomic mass is 10.3. The van der Waals surface area contributed by atoms with Gasteiger partial charge in [-0.05, 0) is 37.4 Å². The number of anilines is 1. The number of sulfone groups is 1. The molecule has 0 aliphatic rings. The predicted octanol–water partition coefficient (Wildman–Crippen LogP) is 3.35. The van der Waals surface area contributed by atoms with Crippen LogP contribution < -0.4 is 10.1 Å². The van der Waals surface area contributed by atoms with Crippen molar-refractivity contribution in [1.82, 2.24) is 4.90 Å². The van der Waals surface area contributed by atoms with Crippen LogP contribution in [0.3, 0.4) is 0 Å². The number of nitrogens with zero attached hydrogens (tertiary/aromatic N) is 1. The summed E-state index contributed by atoms with van der Waals surface area (Å²) in [7, 11) is -0.354. The molecule has 0 unspecified atom stereocenters. The molecular weight excluding hydrogens is 411 g/mol. The molecule has 27 heavy (non-hydrogen) atoms. The second-order valence-electron chi connectivity index (χ2n) is 5.88. The van der Waals surface area contributed by atoms with Crippen molar-refractivity contribution in [3.8, 4) is 5.75 Å². The highest BCUT2D eigenvalue weighted by molar-refractivity contribution is 7.91. The number of ether oxygens (including phenoxy) is 1. The van der Waals surface area contributed by atoms with E-state index in [1.165, 1.54) is 19.2 Å². The lowest BCUT2D eigenvalue weighted by Crippen LogP contribution is -2.33. The van der Waals surface area contributed by atoms with Gasteiger partial charge in [-0.3, -0.25) is 9.69 Å². The van der Waals surface area contributed by atoms with E-state index in [9.17, 15) is 13.2 Å². The zero-order chi connectivity index (χ0) is 20.0. The van der Waals surface area contributed by atoms with Crippen molar-refractivity contribution in [2.24, 2.45) is 0 Å². The summed E-state index contributed by atoms with van der Waals surface area (Å²) in [6, 6.07) is 11.2. The van der Waals surface area contributed by atoms with Crippen molar-refractivity contribution < 1.29 is 17.9 Å². The number of benzene rings is 2. The molecular formula is C18H20Cl2N2O4S. The average Bonchev–Trinajstić information content (AvgIpc) is 2.63. The van der Waals surface area contributed by atoms with Crippen molar-refractivity contribution in [1.29, 1.82) is 0 Å². The van der Waals surface area contributed by atoms with Crippen LogP contribution in [0.25, 0.3) is 0 Å². The lowest BCUT2D eigenvalue weighted by Gasteiger charge is -2.17. The van der Waals surface area contributed by atoms with Gasteiger partial charge in [0, 0.05) is 6.54 Å². The summed E-state index contributed by atoms with van der Waals surface area (Å²) in [5.41, 5.74) is 0.336. The van der Waals surface area contributed by atoms with Crippen LogP contribution in [0, 0.1) is 0 Å². The van der Waals surface area contributed by atoms with Gasteiger partial charge in [-0.15, -0.1) is 0 Å². The molecule has 0 atom stereocenters. The Labute approximate surface area is 168 Å². The third kappa shape index (κ3) is 6.10. The fraction of sp³-hybridized carbons (Fsp3) is 0.278. The van der Waals surface area contributed by atoms with E-state index in [4.69, 9.17) is 27.9 Å². The number of halogens is 2. The van der Waals surface area contributed by atoms with Gasteiger partial charge in [-0.2, -0.15) is 0 Å². The molecule has 2 rings (SSSR count). The number of hydrogen-bond donors (Lipinski definition) is 1. The maximum absolute atomic E-state index is 12.5. The molecule has 1 N–H and O–H groups in total. The van der Waals surface area contributed by atoms with Crippen LogP contribution in [0.15, 0.2) is 47.4 Å². The zero-order valence-corrected chi connectivity index (χ0v) is 17.2. The zero-order valence-electron chi connectivity index (χ0n) is 14.9. The normalized spacial score (nSPS) is 11.4. The van der Waals surface area contributed by atoms with Crippen LogP contribution in [-0.2, 0) is 14.6 Å². The Morgan fingerprint density at radius 3 is 2.41 bits per heavy atom. The number of rotatable bonds is 8. The number of methoxy groups -OCH3 is 1. The minimum Gasteiger partial charge on any atom is -0.497 e. The van der Waals surface area contributed by atoms with Gasteiger partial charge in [0.2, 0.25) is 5.91 Å². The third-order valence-electron chi connectivity index (χ3n) is 3.78. The Hall–Kier alpha value is -1.80. The third-order valence-corrected chi connectivity index (χ3v) is 6.10. The molecule has 146 valence electrons. The van der Waals surface area contributed by atoms with Gasteiger partial charge in [-0.1, -0.05) is 35.3 Å². The second kappa shape index (κ2) is 9.41. The summed E-state index contributed by atoms with van der Waals surface area (Å²) in [4.78, 5) is 14.0. The van der Waals surface area contributed by atoms with Crippen LogP contribution in [0.4, 0.5) is 5.69 Å². The summed E-state index contributed by atoms with van der Waals surface area (Å²) in [5, 5.41) is 3.31. The molecule has 0 aliphatic heterocycles. The second-order valence-corrected chi connectivity index (χ2v) is 8.80. The molecule has 9 heteroatoms. The summed E-state index contributed by atoms with van der Waals surface area (Å²) < 4.78 is 30.0. The lowest BCUT2D eigenvalue weighted by molar-refractivity contribution is -0.117. The number of likely N-dealkylation sites (N-methyl/N-ethyl adjacent to an activating group) is 1. The molecule has 0 aliphatic carbocycles. The highest BCUT2D eigenvalue weighted by Gasteiger charge is 2.18. The van der Waals surface area contributed by atoms with Gasteiger partial charge in [0.1, 0.15) is 5.75 Å². The first-order chi connectivity index (χ1) is 12.7. The van der Waals surface area contributed by atoms with Crippen LogP contribution in [0.5, 0.6) is 5.75 Å². The first kappa shape index (κ1) is 21.5. The average molecular weight is 431 g/mol. The van der Waals surface area contributed by atoms with Crippen LogP contribution >= 0.6 is 23.2 Å².